The summed E-state index contributed by atoms with van der Waals surface area (Å²) in [5, 5.41) is 12.6. The molecule has 3 aliphatic rings. The van der Waals surface area contributed by atoms with Crippen LogP contribution in [0.3, 0.4) is 0 Å². The predicted octanol–water partition coefficient (Wildman–Crippen LogP) is 2.37. The van der Waals surface area contributed by atoms with Crippen molar-refractivity contribution in [2.75, 3.05) is 32.8 Å². The molecule has 142 valence electrons. The largest absolute Gasteiger partial charge is 0.505 e. The molecule has 3 unspecified atom stereocenters. The molecule has 26 heavy (non-hydrogen) atoms. The van der Waals surface area contributed by atoms with Crippen LogP contribution in [0.5, 0.6) is 5.75 Å². The van der Waals surface area contributed by atoms with Gasteiger partial charge in [-0.15, -0.1) is 0 Å². The number of ether oxygens (including phenoxy) is 2. The second-order valence-corrected chi connectivity index (χ2v) is 7.58. The lowest BCUT2D eigenvalue weighted by Gasteiger charge is -2.35. The molecule has 2 N–H and O–H groups in total. The predicted molar refractivity (Wildman–Crippen MR) is 92.7 cm³/mol. The van der Waals surface area contributed by atoms with Gasteiger partial charge in [-0.2, -0.15) is 0 Å². The first-order valence-corrected chi connectivity index (χ1v) is 9.32. The molecular weight excluding hydrogens is 339 g/mol. The Hall–Kier alpha value is -1.86. The van der Waals surface area contributed by atoms with Gasteiger partial charge in [0.15, 0.2) is 11.6 Å². The number of phenols is 1. The number of fused-ring (bicyclic) bond motifs is 2. The van der Waals surface area contributed by atoms with E-state index in [1.807, 2.05) is 0 Å². The van der Waals surface area contributed by atoms with E-state index in [1.165, 1.54) is 6.07 Å². The number of hydrogen-bond acceptors (Lipinski definition) is 4. The summed E-state index contributed by atoms with van der Waals surface area (Å²) in [7, 11) is 0. The maximum Gasteiger partial charge on any atom is 0.317 e. The molecule has 0 aromatic heterocycles. The highest BCUT2D eigenvalue weighted by atomic mass is 19.1. The summed E-state index contributed by atoms with van der Waals surface area (Å²) < 4.78 is 25.8. The van der Waals surface area contributed by atoms with Gasteiger partial charge in [0.2, 0.25) is 0 Å². The Morgan fingerprint density at radius 2 is 2.31 bits per heavy atom. The number of likely N-dealkylation sites (tertiary alicyclic amines) is 1. The number of phenolic OH excluding ortho intramolecular Hbond substituents is 1. The Labute approximate surface area is 152 Å². The van der Waals surface area contributed by atoms with E-state index in [0.717, 1.165) is 25.7 Å². The van der Waals surface area contributed by atoms with Crippen LogP contribution >= 0.6 is 0 Å². The van der Waals surface area contributed by atoms with Crippen LogP contribution in [0.4, 0.5) is 9.18 Å². The van der Waals surface area contributed by atoms with Gasteiger partial charge in [-0.3, -0.25) is 0 Å². The maximum atomic E-state index is 14.2. The molecule has 0 spiro atoms. The van der Waals surface area contributed by atoms with E-state index in [-0.39, 0.29) is 23.8 Å². The molecule has 3 heterocycles. The van der Waals surface area contributed by atoms with Gasteiger partial charge in [0, 0.05) is 25.4 Å². The molecule has 1 aromatic carbocycles. The van der Waals surface area contributed by atoms with Gasteiger partial charge in [0.1, 0.15) is 5.60 Å². The van der Waals surface area contributed by atoms with Crippen molar-refractivity contribution in [3.8, 4) is 5.75 Å². The van der Waals surface area contributed by atoms with Gasteiger partial charge in [-0.05, 0) is 30.9 Å². The van der Waals surface area contributed by atoms with E-state index in [9.17, 15) is 14.3 Å². The molecule has 7 heteroatoms. The van der Waals surface area contributed by atoms with Gasteiger partial charge in [-0.25, -0.2) is 9.18 Å². The fraction of sp³-hybridized carbons (Fsp3) is 0.632. The number of nitrogens with zero attached hydrogens (tertiary/aromatic N) is 1. The standard InChI is InChI=1S/C19H25FN2O4/c20-17-15(4-1-5-16(17)23)13-3-2-7-22(10-13)18(24)21-11-19-9-14(25-12-19)6-8-26-19/h1,4-5,13-14,23H,2-3,6-12H2,(H,21,24). The van der Waals surface area contributed by atoms with Crippen molar-refractivity contribution in [3.05, 3.63) is 29.6 Å². The van der Waals surface area contributed by atoms with E-state index in [1.54, 1.807) is 17.0 Å². The van der Waals surface area contributed by atoms with Crippen LogP contribution in [-0.2, 0) is 9.47 Å². The van der Waals surface area contributed by atoms with Crippen LogP contribution in [-0.4, -0.2) is 60.6 Å². The summed E-state index contributed by atoms with van der Waals surface area (Å²) in [6.45, 7) is 2.72. The summed E-state index contributed by atoms with van der Waals surface area (Å²) in [5.41, 5.74) is 0.0780. The molecular formula is C19H25FN2O4. The van der Waals surface area contributed by atoms with E-state index >= 15 is 0 Å². The molecule has 3 fully saturated rings. The number of piperidine rings is 1. The first-order chi connectivity index (χ1) is 12.6. The summed E-state index contributed by atoms with van der Waals surface area (Å²) >= 11 is 0. The summed E-state index contributed by atoms with van der Waals surface area (Å²) in [6.07, 6.45) is 3.59. The van der Waals surface area contributed by atoms with Crippen molar-refractivity contribution in [2.45, 2.75) is 43.3 Å². The lowest BCUT2D eigenvalue weighted by Crippen LogP contribution is -2.52. The average Bonchev–Trinajstić information content (AvgIpc) is 2.96. The van der Waals surface area contributed by atoms with Crippen LogP contribution in [0.2, 0.25) is 0 Å². The minimum absolute atomic E-state index is 0.107. The zero-order valence-electron chi connectivity index (χ0n) is 14.7. The zero-order chi connectivity index (χ0) is 18.1. The Bertz CT molecular complexity index is 682. The third-order valence-corrected chi connectivity index (χ3v) is 5.75. The molecule has 0 aliphatic carbocycles. The number of urea groups is 1. The normalized spacial score (nSPS) is 31.0. The molecule has 3 aliphatic heterocycles. The highest BCUT2D eigenvalue weighted by Gasteiger charge is 2.45. The van der Waals surface area contributed by atoms with Crippen molar-refractivity contribution in [3.63, 3.8) is 0 Å². The lowest BCUT2D eigenvalue weighted by atomic mass is 9.90. The van der Waals surface area contributed by atoms with E-state index < -0.39 is 11.4 Å². The van der Waals surface area contributed by atoms with Gasteiger partial charge < -0.3 is 24.8 Å². The van der Waals surface area contributed by atoms with Gasteiger partial charge in [-0.1, -0.05) is 12.1 Å². The molecule has 3 saturated heterocycles. The monoisotopic (exact) mass is 364 g/mol. The summed E-state index contributed by atoms with van der Waals surface area (Å²) in [4.78, 5) is 14.3. The van der Waals surface area contributed by atoms with E-state index in [0.29, 0.717) is 38.4 Å². The number of amides is 2. The van der Waals surface area contributed by atoms with Crippen LogP contribution in [0.1, 0.15) is 37.2 Å². The van der Waals surface area contributed by atoms with Crippen LogP contribution in [0, 0.1) is 5.82 Å². The van der Waals surface area contributed by atoms with Gasteiger partial charge >= 0.3 is 6.03 Å². The molecule has 2 bridgehead atoms. The van der Waals surface area contributed by atoms with E-state index in [2.05, 4.69) is 5.32 Å². The Kier molecular flexibility index (Phi) is 4.75. The molecule has 2 amide bonds. The fourth-order valence-corrected chi connectivity index (χ4v) is 4.29. The number of carbonyl (C=O) groups is 1. The fourth-order valence-electron chi connectivity index (χ4n) is 4.29. The Balaban J connectivity index is 1.37. The summed E-state index contributed by atoms with van der Waals surface area (Å²) in [6, 6.07) is 4.52. The average molecular weight is 364 g/mol. The quantitative estimate of drug-likeness (QED) is 0.864. The van der Waals surface area contributed by atoms with Crippen molar-refractivity contribution < 1.29 is 23.8 Å². The van der Waals surface area contributed by atoms with Crippen LogP contribution < -0.4 is 5.32 Å². The highest BCUT2D eigenvalue weighted by Crippen LogP contribution is 2.34. The maximum absolute atomic E-state index is 14.2. The lowest BCUT2D eigenvalue weighted by molar-refractivity contribution is -0.0491. The summed E-state index contributed by atoms with van der Waals surface area (Å²) in [5.74, 6) is -1.03. The molecule has 4 rings (SSSR count). The van der Waals surface area contributed by atoms with E-state index in [4.69, 9.17) is 9.47 Å². The molecule has 1 aromatic rings. The van der Waals surface area contributed by atoms with Gasteiger partial charge in [0.25, 0.3) is 0 Å². The van der Waals surface area contributed by atoms with Crippen molar-refractivity contribution in [1.29, 1.82) is 0 Å². The number of halogens is 1. The topological polar surface area (TPSA) is 71.0 Å². The first kappa shape index (κ1) is 17.5. The van der Waals surface area contributed by atoms with Crippen molar-refractivity contribution in [1.82, 2.24) is 10.2 Å². The molecule has 3 atom stereocenters. The zero-order valence-corrected chi connectivity index (χ0v) is 14.7. The third-order valence-electron chi connectivity index (χ3n) is 5.75. The second-order valence-electron chi connectivity index (χ2n) is 7.58. The van der Waals surface area contributed by atoms with Crippen LogP contribution in [0.15, 0.2) is 18.2 Å². The SMILES string of the molecule is O=C(NCC12COC(CCO1)C2)N1CCCC(c2cccc(O)c2F)C1. The molecule has 0 saturated carbocycles. The minimum Gasteiger partial charge on any atom is -0.505 e. The van der Waals surface area contributed by atoms with Crippen molar-refractivity contribution in [2.24, 2.45) is 0 Å². The minimum atomic E-state index is -0.580. The Morgan fingerprint density at radius 3 is 3.19 bits per heavy atom. The first-order valence-electron chi connectivity index (χ1n) is 9.32. The number of carbonyl (C=O) groups excluding carboxylic acids is 1. The van der Waals surface area contributed by atoms with Crippen molar-refractivity contribution >= 4 is 6.03 Å². The molecule has 6 nitrogen and oxygen atoms in total. The second kappa shape index (κ2) is 7.04. The number of rotatable bonds is 3. The Morgan fingerprint density at radius 1 is 1.42 bits per heavy atom. The number of nitrogens with one attached hydrogen (secondary N) is 1. The molecule has 0 radical (unpaired) electrons. The van der Waals surface area contributed by atoms with Crippen LogP contribution in [0.25, 0.3) is 0 Å². The van der Waals surface area contributed by atoms with Gasteiger partial charge in [0.05, 0.1) is 25.9 Å². The number of benzene rings is 1. The smallest absolute Gasteiger partial charge is 0.317 e. The number of aromatic hydroxyl groups is 1. The number of hydrogen-bond donors (Lipinski definition) is 2. The highest BCUT2D eigenvalue weighted by molar-refractivity contribution is 5.74. The third kappa shape index (κ3) is 3.38.